The van der Waals surface area contributed by atoms with Gasteiger partial charge in [-0.3, -0.25) is 4.98 Å². The molecule has 5 rings (SSSR count). The van der Waals surface area contributed by atoms with Gasteiger partial charge in [-0.25, -0.2) is 17.8 Å². The number of hydrogen-bond acceptors (Lipinski definition) is 5. The van der Waals surface area contributed by atoms with Crippen molar-refractivity contribution in [2.24, 2.45) is 0 Å². The molecule has 0 aliphatic rings. The summed E-state index contributed by atoms with van der Waals surface area (Å²) in [5.74, 6) is 0.849. The van der Waals surface area contributed by atoms with Crippen molar-refractivity contribution >= 4 is 21.1 Å². The topological polar surface area (TPSA) is 92.1 Å². The van der Waals surface area contributed by atoms with E-state index in [1.807, 2.05) is 13.0 Å². The lowest BCUT2D eigenvalue weighted by atomic mass is 10.0. The molecule has 9 heteroatoms. The van der Waals surface area contributed by atoms with E-state index >= 15 is 0 Å². The van der Waals surface area contributed by atoms with Crippen molar-refractivity contribution in [1.82, 2.24) is 19.3 Å². The van der Waals surface area contributed by atoms with Gasteiger partial charge < -0.3 is 9.40 Å². The average molecular weight is 491 g/mol. The van der Waals surface area contributed by atoms with Crippen LogP contribution in [0.4, 0.5) is 4.39 Å². The van der Waals surface area contributed by atoms with Crippen LogP contribution in [-0.4, -0.2) is 34.7 Å². The molecule has 0 amide bonds. The fraction of sp³-hybridized carbons (Fsp3) is 0.154. The second-order valence-electron chi connectivity index (χ2n) is 8.29. The van der Waals surface area contributed by atoms with Crippen LogP contribution in [-0.2, 0) is 16.4 Å². The third-order valence-corrected chi connectivity index (χ3v) is 7.77. The summed E-state index contributed by atoms with van der Waals surface area (Å²) in [5, 5.41) is 0. The summed E-state index contributed by atoms with van der Waals surface area (Å²) in [5.41, 5.74) is 4.04. The van der Waals surface area contributed by atoms with E-state index in [0.29, 0.717) is 17.7 Å². The normalized spacial score (nSPS) is 12.9. The molecule has 35 heavy (non-hydrogen) atoms. The molecule has 0 radical (unpaired) electrons. The Bertz CT molecular complexity index is 1560. The minimum atomic E-state index is -3.90. The molecule has 178 valence electrons. The zero-order valence-electron chi connectivity index (χ0n) is 19.1. The zero-order valence-corrected chi connectivity index (χ0v) is 20.0. The van der Waals surface area contributed by atoms with Crippen LogP contribution in [0.15, 0.2) is 88.5 Å². The number of halogens is 1. The number of pyridine rings is 1. The Morgan fingerprint density at radius 2 is 1.80 bits per heavy atom. The van der Waals surface area contributed by atoms with E-state index in [4.69, 9.17) is 4.42 Å². The molecule has 2 aromatic carbocycles. The molecule has 0 bridgehead atoms. The second kappa shape index (κ2) is 9.09. The van der Waals surface area contributed by atoms with Gasteiger partial charge in [0.2, 0.25) is 10.0 Å². The van der Waals surface area contributed by atoms with Crippen molar-refractivity contribution in [3.8, 4) is 0 Å². The lowest BCUT2D eigenvalue weighted by Gasteiger charge is -2.26. The third kappa shape index (κ3) is 4.48. The first-order valence-corrected chi connectivity index (χ1v) is 12.4. The zero-order chi connectivity index (χ0) is 24.6. The lowest BCUT2D eigenvalue weighted by Crippen LogP contribution is -2.32. The molecule has 0 saturated heterocycles. The van der Waals surface area contributed by atoms with Crippen LogP contribution < -0.4 is 0 Å². The van der Waals surface area contributed by atoms with Crippen molar-refractivity contribution in [2.45, 2.75) is 24.3 Å². The van der Waals surface area contributed by atoms with Crippen molar-refractivity contribution in [3.05, 3.63) is 113 Å². The SMILES string of the molecule is Cc1nc2c(Cc3ccc(S(=O)(=O)N(C)C(c4ccc(F)cc4)c4ccco4)cc3)nccc2[nH]1. The minimum absolute atomic E-state index is 0.143. The van der Waals surface area contributed by atoms with E-state index in [1.54, 1.807) is 54.7 Å². The van der Waals surface area contributed by atoms with Gasteiger partial charge >= 0.3 is 0 Å². The quantitative estimate of drug-likeness (QED) is 0.347. The molecular weight excluding hydrogens is 467 g/mol. The number of benzene rings is 2. The molecule has 3 aromatic heterocycles. The number of H-pyrrole nitrogens is 1. The summed E-state index contributed by atoms with van der Waals surface area (Å²) >= 11 is 0. The largest absolute Gasteiger partial charge is 0.467 e. The van der Waals surface area contributed by atoms with E-state index in [9.17, 15) is 12.8 Å². The summed E-state index contributed by atoms with van der Waals surface area (Å²) in [4.78, 5) is 12.3. The van der Waals surface area contributed by atoms with Crippen molar-refractivity contribution in [2.75, 3.05) is 7.05 Å². The highest BCUT2D eigenvalue weighted by molar-refractivity contribution is 7.89. The molecule has 0 fully saturated rings. The summed E-state index contributed by atoms with van der Waals surface area (Å²) in [6, 6.07) is 17.0. The van der Waals surface area contributed by atoms with Gasteiger partial charge in [0, 0.05) is 19.7 Å². The molecule has 1 N–H and O–H groups in total. The highest BCUT2D eigenvalue weighted by Crippen LogP contribution is 2.32. The number of sulfonamides is 1. The Hall–Kier alpha value is -3.82. The van der Waals surface area contributed by atoms with Gasteiger partial charge in [-0.05, 0) is 60.5 Å². The van der Waals surface area contributed by atoms with Crippen LogP contribution in [0.25, 0.3) is 11.0 Å². The molecule has 3 heterocycles. The molecule has 5 aromatic rings. The first-order valence-electron chi connectivity index (χ1n) is 11.0. The first-order chi connectivity index (χ1) is 16.8. The van der Waals surface area contributed by atoms with Crippen molar-refractivity contribution in [3.63, 3.8) is 0 Å². The van der Waals surface area contributed by atoms with Gasteiger partial charge in [0.25, 0.3) is 0 Å². The molecule has 1 atom stereocenters. The molecule has 0 aliphatic carbocycles. The maximum absolute atomic E-state index is 13.5. The van der Waals surface area contributed by atoms with Crippen LogP contribution in [0.5, 0.6) is 0 Å². The molecule has 7 nitrogen and oxygen atoms in total. The molecule has 0 saturated carbocycles. The number of imidazole rings is 1. The number of hydrogen-bond donors (Lipinski definition) is 1. The third-order valence-electron chi connectivity index (χ3n) is 5.93. The highest BCUT2D eigenvalue weighted by atomic mass is 32.2. The van der Waals surface area contributed by atoms with Crippen LogP contribution in [0, 0.1) is 12.7 Å². The fourth-order valence-electron chi connectivity index (χ4n) is 4.17. The van der Waals surface area contributed by atoms with E-state index in [1.165, 1.54) is 29.7 Å². The van der Waals surface area contributed by atoms with E-state index in [-0.39, 0.29) is 4.90 Å². The summed E-state index contributed by atoms with van der Waals surface area (Å²) in [7, 11) is -2.41. The smallest absolute Gasteiger partial charge is 0.243 e. The number of aromatic nitrogens is 3. The van der Waals surface area contributed by atoms with Crippen LogP contribution in [0.3, 0.4) is 0 Å². The predicted octanol–water partition coefficient (Wildman–Crippen LogP) is 5.00. The Morgan fingerprint density at radius 1 is 1.06 bits per heavy atom. The van der Waals surface area contributed by atoms with Gasteiger partial charge in [-0.15, -0.1) is 0 Å². The number of aryl methyl sites for hydroxylation is 1. The number of fused-ring (bicyclic) bond motifs is 1. The van der Waals surface area contributed by atoms with Crippen molar-refractivity contribution < 1.29 is 17.2 Å². The van der Waals surface area contributed by atoms with Crippen LogP contribution in [0.1, 0.15) is 34.4 Å². The number of rotatable bonds is 7. The summed E-state index contributed by atoms with van der Waals surface area (Å²) < 4.78 is 47.4. The fourth-order valence-corrected chi connectivity index (χ4v) is 5.48. The standard InChI is InChI=1S/C26H23FN4O3S/c1-17-29-22-13-14-28-23(25(22)30-17)16-18-5-11-21(12-6-18)35(32,33)31(2)26(24-4-3-15-34-24)19-7-9-20(27)10-8-19/h3-15,26H,16H2,1-2H3,(H,29,30). The minimum Gasteiger partial charge on any atom is -0.467 e. The maximum atomic E-state index is 13.5. The highest BCUT2D eigenvalue weighted by Gasteiger charge is 2.32. The van der Waals surface area contributed by atoms with Gasteiger partial charge in [0.05, 0.1) is 22.4 Å². The van der Waals surface area contributed by atoms with Gasteiger partial charge in [-0.1, -0.05) is 24.3 Å². The number of aromatic amines is 1. The van der Waals surface area contributed by atoms with E-state index in [0.717, 1.165) is 28.1 Å². The van der Waals surface area contributed by atoms with E-state index in [2.05, 4.69) is 15.0 Å². The molecule has 0 spiro atoms. The Morgan fingerprint density at radius 3 is 2.49 bits per heavy atom. The van der Waals surface area contributed by atoms with Gasteiger partial charge in [-0.2, -0.15) is 4.31 Å². The van der Waals surface area contributed by atoms with Crippen LogP contribution in [0.2, 0.25) is 0 Å². The first kappa shape index (κ1) is 22.9. The number of nitrogens with zero attached hydrogens (tertiary/aromatic N) is 3. The molecule has 1 unspecified atom stereocenters. The Kier molecular flexibility index (Phi) is 5.96. The molecule has 0 aliphatic heterocycles. The maximum Gasteiger partial charge on any atom is 0.243 e. The predicted molar refractivity (Wildman–Crippen MR) is 130 cm³/mol. The van der Waals surface area contributed by atoms with Crippen LogP contribution >= 0.6 is 0 Å². The Labute approximate surface area is 202 Å². The van der Waals surface area contributed by atoms with Gasteiger partial charge in [0.15, 0.2) is 0 Å². The second-order valence-corrected chi connectivity index (χ2v) is 10.3. The average Bonchev–Trinajstić information content (AvgIpc) is 3.50. The monoisotopic (exact) mass is 490 g/mol. The van der Waals surface area contributed by atoms with Crippen molar-refractivity contribution in [1.29, 1.82) is 0 Å². The lowest BCUT2D eigenvalue weighted by molar-refractivity contribution is 0.358. The Balaban J connectivity index is 1.44. The molecular formula is C26H23FN4O3S. The van der Waals surface area contributed by atoms with Gasteiger partial charge in [0.1, 0.15) is 29.0 Å². The summed E-state index contributed by atoms with van der Waals surface area (Å²) in [6.07, 6.45) is 3.73. The number of nitrogens with one attached hydrogen (secondary N) is 1. The number of furan rings is 1. The van der Waals surface area contributed by atoms with E-state index < -0.39 is 21.9 Å². The summed E-state index contributed by atoms with van der Waals surface area (Å²) in [6.45, 7) is 1.89.